The normalized spacial score (nSPS) is 14.8. The van der Waals surface area contributed by atoms with Crippen LogP contribution in [0.3, 0.4) is 0 Å². The summed E-state index contributed by atoms with van der Waals surface area (Å²) in [4.78, 5) is 17.1. The molecule has 0 spiro atoms. The number of benzene rings is 3. The highest BCUT2D eigenvalue weighted by molar-refractivity contribution is 5.76. The molecule has 0 unspecified atom stereocenters. The van der Waals surface area contributed by atoms with Crippen LogP contribution < -0.4 is 0 Å². The van der Waals surface area contributed by atoms with Crippen LogP contribution >= 0.6 is 0 Å². The Hall–Kier alpha value is -2.98. The minimum Gasteiger partial charge on any atom is -0.340 e. The molecule has 0 saturated carbocycles. The molecule has 3 nitrogen and oxygen atoms in total. The molecule has 30 heavy (non-hydrogen) atoms. The molecule has 0 aliphatic carbocycles. The molecule has 0 N–H and O–H groups in total. The Labute approximate surface area is 177 Å². The molecule has 154 valence electrons. The standard InChI is InChI=1S/C26H27FN2O/c27-24-14-8-7-9-21(24)15-16-25(30)28-17-19-29(20-18-28)26(22-10-3-1-4-11-22)23-12-5-2-6-13-23/h1-14,26H,15-20H2. The van der Waals surface area contributed by atoms with Crippen LogP contribution in [0, 0.1) is 5.82 Å². The highest BCUT2D eigenvalue weighted by Crippen LogP contribution is 2.29. The number of carbonyl (C=O) groups is 1. The fourth-order valence-corrected chi connectivity index (χ4v) is 4.22. The first-order valence-electron chi connectivity index (χ1n) is 10.6. The van der Waals surface area contributed by atoms with Gasteiger partial charge in [-0.05, 0) is 29.2 Å². The fourth-order valence-electron chi connectivity index (χ4n) is 4.22. The third kappa shape index (κ3) is 4.77. The fraction of sp³-hybridized carbons (Fsp3) is 0.269. The number of hydrogen-bond donors (Lipinski definition) is 0. The topological polar surface area (TPSA) is 23.6 Å². The van der Waals surface area contributed by atoms with Crippen molar-refractivity contribution in [3.8, 4) is 0 Å². The molecule has 1 aliphatic rings. The van der Waals surface area contributed by atoms with Gasteiger partial charge in [0, 0.05) is 32.6 Å². The highest BCUT2D eigenvalue weighted by atomic mass is 19.1. The number of halogens is 1. The average Bonchev–Trinajstić information content (AvgIpc) is 2.80. The maximum absolute atomic E-state index is 13.8. The summed E-state index contributed by atoms with van der Waals surface area (Å²) in [6, 6.07) is 27.9. The lowest BCUT2D eigenvalue weighted by atomic mass is 9.96. The van der Waals surface area contributed by atoms with E-state index in [-0.39, 0.29) is 17.8 Å². The van der Waals surface area contributed by atoms with E-state index >= 15 is 0 Å². The van der Waals surface area contributed by atoms with Gasteiger partial charge in [-0.1, -0.05) is 78.9 Å². The van der Waals surface area contributed by atoms with Crippen LogP contribution in [0.2, 0.25) is 0 Å². The Balaban J connectivity index is 1.40. The third-order valence-corrected chi connectivity index (χ3v) is 5.83. The minimum absolute atomic E-state index is 0.105. The van der Waals surface area contributed by atoms with Crippen molar-refractivity contribution in [2.75, 3.05) is 26.2 Å². The smallest absolute Gasteiger partial charge is 0.222 e. The van der Waals surface area contributed by atoms with Crippen LogP contribution in [0.1, 0.15) is 29.2 Å². The van der Waals surface area contributed by atoms with Crippen molar-refractivity contribution in [2.24, 2.45) is 0 Å². The van der Waals surface area contributed by atoms with Gasteiger partial charge in [0.1, 0.15) is 5.82 Å². The third-order valence-electron chi connectivity index (χ3n) is 5.83. The first-order valence-corrected chi connectivity index (χ1v) is 10.6. The summed E-state index contributed by atoms with van der Waals surface area (Å²) in [5, 5.41) is 0. The highest BCUT2D eigenvalue weighted by Gasteiger charge is 2.28. The molecular formula is C26H27FN2O. The molecule has 0 bridgehead atoms. The predicted octanol–water partition coefficient (Wildman–Crippen LogP) is 4.69. The van der Waals surface area contributed by atoms with Gasteiger partial charge in [0.05, 0.1) is 6.04 Å². The van der Waals surface area contributed by atoms with E-state index in [1.54, 1.807) is 12.1 Å². The SMILES string of the molecule is O=C(CCc1ccccc1F)N1CCN(C(c2ccccc2)c2ccccc2)CC1. The number of amides is 1. The maximum atomic E-state index is 13.8. The molecule has 3 aromatic rings. The molecule has 1 saturated heterocycles. The van der Waals surface area contributed by atoms with Gasteiger partial charge in [-0.25, -0.2) is 4.39 Å². The van der Waals surface area contributed by atoms with Gasteiger partial charge in [-0.15, -0.1) is 0 Å². The van der Waals surface area contributed by atoms with E-state index in [0.717, 1.165) is 13.1 Å². The van der Waals surface area contributed by atoms with Crippen molar-refractivity contribution in [1.29, 1.82) is 0 Å². The van der Waals surface area contributed by atoms with Crippen LogP contribution in [0.15, 0.2) is 84.9 Å². The molecule has 3 aromatic carbocycles. The maximum Gasteiger partial charge on any atom is 0.222 e. The minimum atomic E-state index is -0.233. The van der Waals surface area contributed by atoms with E-state index in [4.69, 9.17) is 0 Å². The lowest BCUT2D eigenvalue weighted by Gasteiger charge is -2.40. The summed E-state index contributed by atoms with van der Waals surface area (Å²) in [5.74, 6) is -0.127. The number of carbonyl (C=O) groups excluding carboxylic acids is 1. The van der Waals surface area contributed by atoms with Crippen molar-refractivity contribution >= 4 is 5.91 Å². The Morgan fingerprint density at radius 1 is 0.767 bits per heavy atom. The zero-order chi connectivity index (χ0) is 20.8. The van der Waals surface area contributed by atoms with Crippen molar-refractivity contribution in [2.45, 2.75) is 18.9 Å². The van der Waals surface area contributed by atoms with Gasteiger partial charge in [-0.3, -0.25) is 9.69 Å². The predicted molar refractivity (Wildman–Crippen MR) is 118 cm³/mol. The molecule has 0 aromatic heterocycles. The lowest BCUT2D eigenvalue weighted by Crippen LogP contribution is -2.49. The molecular weight excluding hydrogens is 375 g/mol. The Morgan fingerprint density at radius 2 is 1.30 bits per heavy atom. The van der Waals surface area contributed by atoms with Crippen LogP contribution in [-0.2, 0) is 11.2 Å². The number of rotatable bonds is 6. The van der Waals surface area contributed by atoms with Gasteiger partial charge < -0.3 is 4.90 Å². The van der Waals surface area contributed by atoms with E-state index in [9.17, 15) is 9.18 Å². The van der Waals surface area contributed by atoms with Gasteiger partial charge in [0.15, 0.2) is 0 Å². The first kappa shape index (κ1) is 20.3. The second-order valence-electron chi connectivity index (χ2n) is 7.73. The van der Waals surface area contributed by atoms with Crippen molar-refractivity contribution < 1.29 is 9.18 Å². The number of piperazine rings is 1. The zero-order valence-electron chi connectivity index (χ0n) is 17.1. The summed E-state index contributed by atoms with van der Waals surface area (Å²) in [6.07, 6.45) is 0.796. The van der Waals surface area contributed by atoms with Crippen LogP contribution in [-0.4, -0.2) is 41.9 Å². The van der Waals surface area contributed by atoms with Crippen LogP contribution in [0.25, 0.3) is 0 Å². The van der Waals surface area contributed by atoms with Crippen LogP contribution in [0.4, 0.5) is 4.39 Å². The van der Waals surface area contributed by atoms with E-state index in [1.807, 2.05) is 23.1 Å². The molecule has 1 aliphatic heterocycles. The number of nitrogens with zero attached hydrogens (tertiary/aromatic N) is 2. The Morgan fingerprint density at radius 3 is 1.87 bits per heavy atom. The van der Waals surface area contributed by atoms with Gasteiger partial charge in [0.2, 0.25) is 5.91 Å². The largest absolute Gasteiger partial charge is 0.340 e. The summed E-state index contributed by atoms with van der Waals surface area (Å²) >= 11 is 0. The van der Waals surface area contributed by atoms with Crippen molar-refractivity contribution in [3.05, 3.63) is 107 Å². The summed E-state index contributed by atoms with van der Waals surface area (Å²) in [7, 11) is 0. The molecule has 1 fully saturated rings. The molecule has 0 radical (unpaired) electrons. The first-order chi connectivity index (χ1) is 14.7. The number of hydrogen-bond acceptors (Lipinski definition) is 2. The van der Waals surface area contributed by atoms with E-state index in [1.165, 1.54) is 17.2 Å². The number of aryl methyl sites for hydroxylation is 1. The quantitative estimate of drug-likeness (QED) is 0.597. The van der Waals surface area contributed by atoms with Crippen molar-refractivity contribution in [1.82, 2.24) is 9.80 Å². The average molecular weight is 403 g/mol. The molecule has 1 amide bonds. The zero-order valence-corrected chi connectivity index (χ0v) is 17.1. The Kier molecular flexibility index (Phi) is 6.55. The summed E-state index contributed by atoms with van der Waals surface area (Å²) < 4.78 is 13.8. The second kappa shape index (κ2) is 9.68. The van der Waals surface area contributed by atoms with E-state index < -0.39 is 0 Å². The second-order valence-corrected chi connectivity index (χ2v) is 7.73. The van der Waals surface area contributed by atoms with Crippen LogP contribution in [0.5, 0.6) is 0 Å². The monoisotopic (exact) mass is 402 g/mol. The summed E-state index contributed by atoms with van der Waals surface area (Å²) in [6.45, 7) is 3.04. The van der Waals surface area contributed by atoms with Crippen molar-refractivity contribution in [3.63, 3.8) is 0 Å². The lowest BCUT2D eigenvalue weighted by molar-refractivity contribution is -0.133. The van der Waals surface area contributed by atoms with E-state index in [2.05, 4.69) is 53.4 Å². The van der Waals surface area contributed by atoms with E-state index in [0.29, 0.717) is 31.5 Å². The molecule has 4 heteroatoms. The summed E-state index contributed by atoms with van der Waals surface area (Å²) in [5.41, 5.74) is 3.14. The molecule has 0 atom stereocenters. The van der Waals surface area contributed by atoms with Gasteiger partial charge in [-0.2, -0.15) is 0 Å². The van der Waals surface area contributed by atoms with Gasteiger partial charge in [0.25, 0.3) is 0 Å². The molecule has 4 rings (SSSR count). The Bertz CT molecular complexity index is 914. The molecule has 1 heterocycles. The van der Waals surface area contributed by atoms with Gasteiger partial charge >= 0.3 is 0 Å².